The lowest BCUT2D eigenvalue weighted by Crippen LogP contribution is -2.30. The molecule has 1 aliphatic carbocycles. The van der Waals surface area contributed by atoms with Gasteiger partial charge in [0, 0.05) is 24.0 Å². The van der Waals surface area contributed by atoms with Crippen molar-refractivity contribution in [2.75, 3.05) is 0 Å². The fraction of sp³-hybridized carbons (Fsp3) is 0.474. The van der Waals surface area contributed by atoms with Crippen molar-refractivity contribution in [2.45, 2.75) is 52.6 Å². The van der Waals surface area contributed by atoms with Crippen molar-refractivity contribution in [1.82, 2.24) is 4.57 Å². The molecule has 1 unspecified atom stereocenters. The van der Waals surface area contributed by atoms with Crippen LogP contribution in [-0.4, -0.2) is 4.57 Å². The van der Waals surface area contributed by atoms with Crippen LogP contribution in [0.25, 0.3) is 0 Å². The number of nitrogens with zero attached hydrogens (tertiary/aromatic N) is 1. The average Bonchev–Trinajstić information content (AvgIpc) is 2.73. The molecule has 1 aromatic carbocycles. The Bertz CT molecular complexity index is 623. The molecule has 112 valence electrons. The summed E-state index contributed by atoms with van der Waals surface area (Å²) < 4.78 is 2.49. The van der Waals surface area contributed by atoms with E-state index in [1.165, 1.54) is 22.5 Å². The number of fused-ring (bicyclic) bond motifs is 1. The van der Waals surface area contributed by atoms with Crippen LogP contribution in [0.3, 0.4) is 0 Å². The minimum Gasteiger partial charge on any atom is -0.348 e. The highest BCUT2D eigenvalue weighted by Gasteiger charge is 2.33. The lowest BCUT2D eigenvalue weighted by atomic mass is 9.74. The van der Waals surface area contributed by atoms with Gasteiger partial charge >= 0.3 is 0 Å². The van der Waals surface area contributed by atoms with Gasteiger partial charge in [0.1, 0.15) is 0 Å². The second-order valence-electron chi connectivity index (χ2n) is 7.23. The maximum absolute atomic E-state index is 6.40. The zero-order chi connectivity index (χ0) is 15.0. The molecule has 1 aromatic heterocycles. The third kappa shape index (κ3) is 2.91. The molecular weight excluding hydrogens is 256 g/mol. The van der Waals surface area contributed by atoms with Crippen LogP contribution in [0, 0.1) is 12.3 Å². The molecule has 2 aromatic rings. The van der Waals surface area contributed by atoms with Crippen molar-refractivity contribution in [3.05, 3.63) is 58.9 Å². The minimum absolute atomic E-state index is 0.195. The van der Waals surface area contributed by atoms with Gasteiger partial charge in [-0.15, -0.1) is 0 Å². The lowest BCUT2D eigenvalue weighted by Gasteiger charge is -2.34. The van der Waals surface area contributed by atoms with Gasteiger partial charge in [-0.2, -0.15) is 0 Å². The fourth-order valence-electron chi connectivity index (χ4n) is 3.70. The Kier molecular flexibility index (Phi) is 3.66. The maximum atomic E-state index is 6.40. The van der Waals surface area contributed by atoms with Crippen molar-refractivity contribution in [3.8, 4) is 0 Å². The molecule has 1 aliphatic rings. The molecule has 0 fully saturated rings. The van der Waals surface area contributed by atoms with Gasteiger partial charge in [0.05, 0.1) is 0 Å². The van der Waals surface area contributed by atoms with Crippen molar-refractivity contribution in [3.63, 3.8) is 0 Å². The molecule has 2 nitrogen and oxygen atoms in total. The Morgan fingerprint density at radius 3 is 2.67 bits per heavy atom. The number of hydrogen-bond acceptors (Lipinski definition) is 1. The summed E-state index contributed by atoms with van der Waals surface area (Å²) in [7, 11) is 0. The van der Waals surface area contributed by atoms with Gasteiger partial charge in [-0.25, -0.2) is 0 Å². The molecule has 0 saturated heterocycles. The molecule has 0 saturated carbocycles. The first-order valence-corrected chi connectivity index (χ1v) is 7.95. The van der Waals surface area contributed by atoms with E-state index < -0.39 is 0 Å². The topological polar surface area (TPSA) is 30.9 Å². The maximum Gasteiger partial charge on any atom is 0.0318 e. The molecule has 0 aliphatic heterocycles. The number of rotatable bonds is 3. The van der Waals surface area contributed by atoms with Crippen LogP contribution in [0.15, 0.2) is 36.4 Å². The molecular formula is C19H26N2. The van der Waals surface area contributed by atoms with E-state index in [0.29, 0.717) is 5.41 Å². The Balaban J connectivity index is 1.86. The van der Waals surface area contributed by atoms with E-state index in [2.05, 4.69) is 61.7 Å². The van der Waals surface area contributed by atoms with Gasteiger partial charge in [0.15, 0.2) is 0 Å². The first kappa shape index (κ1) is 14.4. The number of nitrogens with two attached hydrogens (primary N) is 1. The summed E-state index contributed by atoms with van der Waals surface area (Å²) in [6, 6.07) is 13.2. The summed E-state index contributed by atoms with van der Waals surface area (Å²) in [4.78, 5) is 0. The Hall–Kier alpha value is -1.54. The number of aryl methyl sites for hydroxylation is 2. The highest BCUT2D eigenvalue weighted by atomic mass is 15.0. The summed E-state index contributed by atoms with van der Waals surface area (Å²) in [5.41, 5.74) is 12.3. The quantitative estimate of drug-likeness (QED) is 0.906. The molecule has 0 radical (unpaired) electrons. The second kappa shape index (κ2) is 5.34. The minimum atomic E-state index is 0.195. The third-order valence-corrected chi connectivity index (χ3v) is 4.73. The highest BCUT2D eigenvalue weighted by Crippen LogP contribution is 2.40. The van der Waals surface area contributed by atoms with Crippen LogP contribution >= 0.6 is 0 Å². The Morgan fingerprint density at radius 2 is 1.95 bits per heavy atom. The second-order valence-corrected chi connectivity index (χ2v) is 7.23. The van der Waals surface area contributed by atoms with Crippen molar-refractivity contribution in [1.29, 1.82) is 0 Å². The first-order chi connectivity index (χ1) is 9.96. The summed E-state index contributed by atoms with van der Waals surface area (Å²) >= 11 is 0. The molecule has 2 N–H and O–H groups in total. The SMILES string of the molecule is Cc1cc2c(n1CCc1ccccc1)CC(C)(C)CC2N. The monoisotopic (exact) mass is 282 g/mol. The molecule has 0 spiro atoms. The summed E-state index contributed by atoms with van der Waals surface area (Å²) in [6.45, 7) is 7.93. The predicted molar refractivity (Wildman–Crippen MR) is 88.3 cm³/mol. The molecule has 1 atom stereocenters. The third-order valence-electron chi connectivity index (χ3n) is 4.73. The van der Waals surface area contributed by atoms with Gasteiger partial charge in [-0.1, -0.05) is 44.2 Å². The number of benzene rings is 1. The number of hydrogen-bond donors (Lipinski definition) is 1. The smallest absolute Gasteiger partial charge is 0.0318 e. The summed E-state index contributed by atoms with van der Waals surface area (Å²) in [5.74, 6) is 0. The normalized spacial score (nSPS) is 20.3. The van der Waals surface area contributed by atoms with Crippen LogP contribution in [0.2, 0.25) is 0 Å². The van der Waals surface area contributed by atoms with Crippen molar-refractivity contribution in [2.24, 2.45) is 11.1 Å². The van der Waals surface area contributed by atoms with Crippen LogP contribution in [0.4, 0.5) is 0 Å². The largest absolute Gasteiger partial charge is 0.348 e. The summed E-state index contributed by atoms with van der Waals surface area (Å²) in [5, 5.41) is 0. The van der Waals surface area contributed by atoms with E-state index in [9.17, 15) is 0 Å². The summed E-state index contributed by atoms with van der Waals surface area (Å²) in [6.07, 6.45) is 3.30. The van der Waals surface area contributed by atoms with E-state index in [1.807, 2.05) is 0 Å². The molecule has 2 heteroatoms. The van der Waals surface area contributed by atoms with Crippen LogP contribution in [0.5, 0.6) is 0 Å². The van der Waals surface area contributed by atoms with E-state index in [0.717, 1.165) is 25.8 Å². The van der Waals surface area contributed by atoms with Crippen LogP contribution in [-0.2, 0) is 19.4 Å². The lowest BCUT2D eigenvalue weighted by molar-refractivity contribution is 0.275. The van der Waals surface area contributed by atoms with E-state index in [1.54, 1.807) is 0 Å². The predicted octanol–water partition coefficient (Wildman–Crippen LogP) is 4.01. The van der Waals surface area contributed by atoms with Gasteiger partial charge in [-0.05, 0) is 48.8 Å². The van der Waals surface area contributed by atoms with Crippen molar-refractivity contribution >= 4 is 0 Å². The van der Waals surface area contributed by atoms with Gasteiger partial charge < -0.3 is 10.3 Å². The Morgan fingerprint density at radius 1 is 1.24 bits per heavy atom. The van der Waals surface area contributed by atoms with Crippen LogP contribution in [0.1, 0.15) is 48.8 Å². The van der Waals surface area contributed by atoms with Crippen molar-refractivity contribution < 1.29 is 0 Å². The molecule has 3 rings (SSSR count). The molecule has 1 heterocycles. The number of aromatic nitrogens is 1. The van der Waals surface area contributed by atoms with E-state index in [4.69, 9.17) is 5.73 Å². The standard InChI is InChI=1S/C19H26N2/c1-14-11-16-17(20)12-19(2,3)13-18(16)21(14)10-9-15-7-5-4-6-8-15/h4-8,11,17H,9-10,12-13,20H2,1-3H3. The molecule has 0 amide bonds. The Labute approximate surface area is 128 Å². The molecule has 21 heavy (non-hydrogen) atoms. The van der Waals surface area contributed by atoms with E-state index in [-0.39, 0.29) is 6.04 Å². The zero-order valence-corrected chi connectivity index (χ0v) is 13.4. The first-order valence-electron chi connectivity index (χ1n) is 7.95. The van der Waals surface area contributed by atoms with E-state index >= 15 is 0 Å². The fourth-order valence-corrected chi connectivity index (χ4v) is 3.70. The van der Waals surface area contributed by atoms with Crippen LogP contribution < -0.4 is 5.73 Å². The molecule has 0 bridgehead atoms. The average molecular weight is 282 g/mol. The highest BCUT2D eigenvalue weighted by molar-refractivity contribution is 5.34. The van der Waals surface area contributed by atoms with Gasteiger partial charge in [0.25, 0.3) is 0 Å². The van der Waals surface area contributed by atoms with Gasteiger partial charge in [-0.3, -0.25) is 0 Å². The van der Waals surface area contributed by atoms with Gasteiger partial charge in [0.2, 0.25) is 0 Å². The zero-order valence-electron chi connectivity index (χ0n) is 13.4.